The van der Waals surface area contributed by atoms with Crippen molar-refractivity contribution in [3.05, 3.63) is 82.6 Å². The highest BCUT2D eigenvalue weighted by atomic mass is 32.1. The molecular formula is C44H42S6. The first-order chi connectivity index (χ1) is 24.5. The molecule has 0 aliphatic heterocycles. The summed E-state index contributed by atoms with van der Waals surface area (Å²) in [6.07, 6.45) is 17.9. The summed E-state index contributed by atoms with van der Waals surface area (Å²) in [7, 11) is 0. The second-order valence-electron chi connectivity index (χ2n) is 17.4. The van der Waals surface area contributed by atoms with Gasteiger partial charge in [0, 0.05) is 69.4 Å². The monoisotopic (exact) mass is 762 g/mol. The molecule has 8 bridgehead atoms. The zero-order chi connectivity index (χ0) is 32.6. The van der Waals surface area contributed by atoms with Crippen LogP contribution in [0, 0.1) is 35.5 Å². The lowest BCUT2D eigenvalue weighted by atomic mass is 9.49. The van der Waals surface area contributed by atoms with Gasteiger partial charge in [0.2, 0.25) is 0 Å². The number of hydrogen-bond acceptors (Lipinski definition) is 6. The molecule has 50 heavy (non-hydrogen) atoms. The normalized spacial score (nSPS) is 33.6. The standard InChI is InChI=1S/C44H42S6/c1-3-33(35-5-7-37(47-35)39-9-11-41(49-39)43-19-25-13-26(20-43)15-27(14-25)21-43)45-31(1)32-2-4-34(46-32)36-6-8-38(48-36)40-10-12-42(50-40)44-22-28-16-29(23-44)18-30(17-28)24-44/h1-12,25-30H,13-24H2/t25-,26-,27?,28-,29-,30?,43?,44?/m1/s1. The van der Waals surface area contributed by atoms with E-state index in [2.05, 4.69) is 95.5 Å². The van der Waals surface area contributed by atoms with Gasteiger partial charge in [-0.1, -0.05) is 0 Å². The van der Waals surface area contributed by atoms with Crippen molar-refractivity contribution in [2.75, 3.05) is 0 Å². The fraction of sp³-hybridized carbons (Fsp3) is 0.455. The van der Waals surface area contributed by atoms with E-state index in [4.69, 9.17) is 0 Å². The van der Waals surface area contributed by atoms with Crippen molar-refractivity contribution in [2.24, 2.45) is 35.5 Å². The lowest BCUT2D eigenvalue weighted by Gasteiger charge is -2.56. The van der Waals surface area contributed by atoms with Crippen LogP contribution in [0.4, 0.5) is 0 Å². The third-order valence-electron chi connectivity index (χ3n) is 14.0. The molecule has 6 heteroatoms. The Labute approximate surface area is 320 Å². The average Bonchev–Trinajstić information content (AvgIpc) is 3.95. The Kier molecular flexibility index (Phi) is 6.96. The molecule has 0 nitrogen and oxygen atoms in total. The summed E-state index contributed by atoms with van der Waals surface area (Å²) in [6.45, 7) is 0. The van der Waals surface area contributed by atoms with Crippen LogP contribution in [0.3, 0.4) is 0 Å². The van der Waals surface area contributed by atoms with Crippen molar-refractivity contribution >= 4 is 68.0 Å². The summed E-state index contributed by atoms with van der Waals surface area (Å²) in [5, 5.41) is 0. The highest BCUT2D eigenvalue weighted by Crippen LogP contribution is 2.63. The van der Waals surface area contributed by atoms with Gasteiger partial charge in [-0.25, -0.2) is 0 Å². The van der Waals surface area contributed by atoms with E-state index < -0.39 is 0 Å². The van der Waals surface area contributed by atoms with Crippen LogP contribution in [0.2, 0.25) is 0 Å². The van der Waals surface area contributed by atoms with Crippen LogP contribution < -0.4 is 0 Å². The predicted molar refractivity (Wildman–Crippen MR) is 221 cm³/mol. The van der Waals surface area contributed by atoms with E-state index in [1.165, 1.54) is 126 Å². The third kappa shape index (κ3) is 4.94. The van der Waals surface area contributed by atoms with Crippen molar-refractivity contribution in [3.8, 4) is 48.8 Å². The van der Waals surface area contributed by atoms with Crippen LogP contribution in [-0.2, 0) is 10.8 Å². The fourth-order valence-corrected chi connectivity index (χ4v) is 19.7. The Balaban J connectivity index is 0.754. The van der Waals surface area contributed by atoms with E-state index in [0.29, 0.717) is 10.8 Å². The second kappa shape index (κ2) is 11.4. The highest BCUT2D eigenvalue weighted by molar-refractivity contribution is 7.30. The van der Waals surface area contributed by atoms with E-state index in [-0.39, 0.29) is 0 Å². The molecule has 0 atom stereocenters. The molecule has 14 rings (SSSR count). The van der Waals surface area contributed by atoms with E-state index in [1.807, 2.05) is 45.3 Å². The summed E-state index contributed by atoms with van der Waals surface area (Å²) in [6, 6.07) is 28.8. The third-order valence-corrected chi connectivity index (χ3v) is 22.0. The van der Waals surface area contributed by atoms with Crippen LogP contribution in [0.1, 0.15) is 86.8 Å². The Hall–Kier alpha value is -1.80. The Morgan fingerprint density at radius 1 is 0.280 bits per heavy atom. The van der Waals surface area contributed by atoms with E-state index in [9.17, 15) is 0 Å². The van der Waals surface area contributed by atoms with Crippen LogP contribution in [-0.4, -0.2) is 0 Å². The maximum atomic E-state index is 2.52. The van der Waals surface area contributed by atoms with Gasteiger partial charge in [-0.2, -0.15) is 0 Å². The summed E-state index contributed by atoms with van der Waals surface area (Å²) >= 11 is 12.1. The van der Waals surface area contributed by atoms with E-state index in [0.717, 1.165) is 35.5 Å². The van der Waals surface area contributed by atoms with Gasteiger partial charge in [-0.05, 0) is 185 Å². The second-order valence-corrected chi connectivity index (χ2v) is 23.9. The lowest BCUT2D eigenvalue weighted by molar-refractivity contribution is -0.00359. The van der Waals surface area contributed by atoms with Gasteiger partial charge in [-0.3, -0.25) is 0 Å². The molecule has 8 aliphatic carbocycles. The molecule has 0 aromatic carbocycles. The molecule has 6 heterocycles. The van der Waals surface area contributed by atoms with Crippen molar-refractivity contribution in [2.45, 2.75) is 87.9 Å². The van der Waals surface area contributed by atoms with Gasteiger partial charge >= 0.3 is 0 Å². The molecule has 0 unspecified atom stereocenters. The van der Waals surface area contributed by atoms with Gasteiger partial charge in [0.05, 0.1) is 0 Å². The van der Waals surface area contributed by atoms with Crippen LogP contribution in [0.5, 0.6) is 0 Å². The minimum Gasteiger partial charge on any atom is -0.139 e. The molecule has 6 aromatic heterocycles. The predicted octanol–water partition coefficient (Wildman–Crippen LogP) is 15.3. The molecule has 8 fully saturated rings. The van der Waals surface area contributed by atoms with Crippen molar-refractivity contribution in [1.82, 2.24) is 0 Å². The van der Waals surface area contributed by atoms with Crippen LogP contribution in [0.15, 0.2) is 72.8 Å². The first-order valence-electron chi connectivity index (χ1n) is 19.1. The Morgan fingerprint density at radius 2 is 0.480 bits per heavy atom. The Bertz CT molecular complexity index is 1990. The number of rotatable bonds is 7. The molecule has 254 valence electrons. The van der Waals surface area contributed by atoms with Crippen molar-refractivity contribution in [1.29, 1.82) is 0 Å². The van der Waals surface area contributed by atoms with Crippen molar-refractivity contribution < 1.29 is 0 Å². The largest absolute Gasteiger partial charge is 0.139 e. The zero-order valence-corrected chi connectivity index (χ0v) is 33.2. The van der Waals surface area contributed by atoms with Crippen molar-refractivity contribution in [3.63, 3.8) is 0 Å². The minimum atomic E-state index is 0.506. The number of hydrogen-bond donors (Lipinski definition) is 0. The molecule has 0 saturated heterocycles. The first kappa shape index (κ1) is 30.6. The highest BCUT2D eigenvalue weighted by Gasteiger charge is 2.53. The van der Waals surface area contributed by atoms with Gasteiger partial charge in [0.25, 0.3) is 0 Å². The molecule has 0 spiro atoms. The molecular weight excluding hydrogens is 721 g/mol. The summed E-state index contributed by atoms with van der Waals surface area (Å²) in [5.41, 5.74) is 1.01. The van der Waals surface area contributed by atoms with Crippen LogP contribution in [0.25, 0.3) is 48.8 Å². The first-order valence-corrected chi connectivity index (χ1v) is 24.0. The summed E-state index contributed by atoms with van der Waals surface area (Å²) in [5.74, 6) is 6.03. The lowest BCUT2D eigenvalue weighted by Crippen LogP contribution is -2.48. The molecule has 8 aliphatic rings. The maximum absolute atomic E-state index is 2.52. The number of thiophene rings is 6. The fourth-order valence-electron chi connectivity index (χ4n) is 12.7. The molecule has 0 amide bonds. The molecule has 6 aromatic rings. The molecule has 0 N–H and O–H groups in total. The van der Waals surface area contributed by atoms with E-state index in [1.54, 1.807) is 9.75 Å². The molecule has 0 radical (unpaired) electrons. The zero-order valence-electron chi connectivity index (χ0n) is 28.3. The van der Waals surface area contributed by atoms with Gasteiger partial charge < -0.3 is 0 Å². The maximum Gasteiger partial charge on any atom is 0.0449 e. The quantitative estimate of drug-likeness (QED) is 0.152. The minimum absolute atomic E-state index is 0.506. The SMILES string of the molecule is c1cc(-c2ccc(-c3ccc(C45CC6C[C@H](C4)C[C@H](C6)C5)s3)s2)sc1-c1ccc(-c2ccc(-c3ccc(C45CC6C[C@H](C4)C[C@H](C6)C5)s3)s2)s1. The van der Waals surface area contributed by atoms with Crippen LogP contribution >= 0.6 is 68.0 Å². The smallest absolute Gasteiger partial charge is 0.0449 e. The van der Waals surface area contributed by atoms with Gasteiger partial charge in [0.1, 0.15) is 0 Å². The van der Waals surface area contributed by atoms with Gasteiger partial charge in [-0.15, -0.1) is 68.0 Å². The topological polar surface area (TPSA) is 0 Å². The molecule has 8 saturated carbocycles. The Morgan fingerprint density at radius 3 is 0.720 bits per heavy atom. The summed E-state index contributed by atoms with van der Waals surface area (Å²) < 4.78 is 0. The van der Waals surface area contributed by atoms with E-state index >= 15 is 0 Å². The average molecular weight is 763 g/mol. The summed E-state index contributed by atoms with van der Waals surface area (Å²) in [4.78, 5) is 17.6. The van der Waals surface area contributed by atoms with Gasteiger partial charge in [0.15, 0.2) is 0 Å².